The van der Waals surface area contributed by atoms with Gasteiger partial charge < -0.3 is 4.90 Å². The van der Waals surface area contributed by atoms with Crippen molar-refractivity contribution in [2.75, 3.05) is 13.1 Å². The van der Waals surface area contributed by atoms with Gasteiger partial charge in [-0.15, -0.1) is 0 Å². The first-order valence-electron chi connectivity index (χ1n) is 5.46. The van der Waals surface area contributed by atoms with Crippen molar-refractivity contribution in [2.45, 2.75) is 34.1 Å². The van der Waals surface area contributed by atoms with Gasteiger partial charge in [0.25, 0.3) is 0 Å². The van der Waals surface area contributed by atoms with Crippen molar-refractivity contribution >= 4 is 0 Å². The summed E-state index contributed by atoms with van der Waals surface area (Å²) in [5.74, 6) is 0. The summed E-state index contributed by atoms with van der Waals surface area (Å²) in [6.45, 7) is 14.6. The molecule has 0 N–H and O–H groups in total. The molecule has 80 valence electrons. The quantitative estimate of drug-likeness (QED) is 0.581. The van der Waals surface area contributed by atoms with E-state index in [1.807, 2.05) is 0 Å². The summed E-state index contributed by atoms with van der Waals surface area (Å²) in [5.41, 5.74) is 2.46. The van der Waals surface area contributed by atoms with Gasteiger partial charge in [-0.2, -0.15) is 0 Å². The number of rotatable bonds is 6. The standard InChI is InChI=1S/C13H23N/c1-6-13(7-2)11-10-12(5)14(8-3)9-4/h6,10-11H,5,7-9H2,1-4H3/b11-10-,13-6-. The normalized spacial score (nSPS) is 12.1. The van der Waals surface area contributed by atoms with E-state index >= 15 is 0 Å². The van der Waals surface area contributed by atoms with E-state index in [4.69, 9.17) is 0 Å². The van der Waals surface area contributed by atoms with Gasteiger partial charge in [-0.25, -0.2) is 0 Å². The van der Waals surface area contributed by atoms with Gasteiger partial charge in [0.05, 0.1) is 0 Å². The van der Waals surface area contributed by atoms with E-state index < -0.39 is 0 Å². The van der Waals surface area contributed by atoms with Crippen molar-refractivity contribution in [1.82, 2.24) is 4.90 Å². The molecule has 14 heavy (non-hydrogen) atoms. The van der Waals surface area contributed by atoms with Crippen molar-refractivity contribution < 1.29 is 0 Å². The summed E-state index contributed by atoms with van der Waals surface area (Å²) < 4.78 is 0. The lowest BCUT2D eigenvalue weighted by atomic mass is 10.1. The monoisotopic (exact) mass is 193 g/mol. The second-order valence-electron chi connectivity index (χ2n) is 3.21. The van der Waals surface area contributed by atoms with Crippen molar-refractivity contribution in [1.29, 1.82) is 0 Å². The molecule has 1 heteroatoms. The van der Waals surface area contributed by atoms with Crippen LogP contribution in [0, 0.1) is 0 Å². The van der Waals surface area contributed by atoms with Crippen LogP contribution in [0.15, 0.2) is 36.1 Å². The molecule has 0 atom stereocenters. The maximum Gasteiger partial charge on any atom is 0.0293 e. The largest absolute Gasteiger partial charge is 0.373 e. The van der Waals surface area contributed by atoms with Gasteiger partial charge in [-0.3, -0.25) is 0 Å². The Morgan fingerprint density at radius 2 is 1.71 bits per heavy atom. The van der Waals surface area contributed by atoms with Crippen LogP contribution in [0.5, 0.6) is 0 Å². The van der Waals surface area contributed by atoms with Crippen LogP contribution in [0.4, 0.5) is 0 Å². The predicted molar refractivity (Wildman–Crippen MR) is 65.2 cm³/mol. The minimum absolute atomic E-state index is 1.02. The molecule has 0 spiro atoms. The van der Waals surface area contributed by atoms with E-state index in [-0.39, 0.29) is 0 Å². The third-order valence-electron chi connectivity index (χ3n) is 2.44. The average molecular weight is 193 g/mol. The van der Waals surface area contributed by atoms with E-state index in [1.165, 1.54) is 5.57 Å². The third kappa shape index (κ3) is 4.31. The van der Waals surface area contributed by atoms with Crippen molar-refractivity contribution in [3.63, 3.8) is 0 Å². The summed E-state index contributed by atoms with van der Waals surface area (Å²) >= 11 is 0. The van der Waals surface area contributed by atoms with E-state index in [0.29, 0.717) is 0 Å². The Morgan fingerprint density at radius 1 is 1.14 bits per heavy atom. The number of allylic oxidation sites excluding steroid dienone is 4. The number of hydrogen-bond acceptors (Lipinski definition) is 1. The van der Waals surface area contributed by atoms with Crippen LogP contribution < -0.4 is 0 Å². The fourth-order valence-corrected chi connectivity index (χ4v) is 1.36. The van der Waals surface area contributed by atoms with Gasteiger partial charge in [0.1, 0.15) is 0 Å². The van der Waals surface area contributed by atoms with Gasteiger partial charge >= 0.3 is 0 Å². The fourth-order valence-electron chi connectivity index (χ4n) is 1.36. The molecule has 0 radical (unpaired) electrons. The maximum absolute atomic E-state index is 4.05. The van der Waals surface area contributed by atoms with E-state index in [9.17, 15) is 0 Å². The van der Waals surface area contributed by atoms with E-state index in [1.54, 1.807) is 0 Å². The molecule has 0 bridgehead atoms. The molecule has 0 aliphatic carbocycles. The predicted octanol–water partition coefficient (Wildman–Crippen LogP) is 3.75. The summed E-state index contributed by atoms with van der Waals surface area (Å²) in [4.78, 5) is 2.25. The van der Waals surface area contributed by atoms with Crippen molar-refractivity contribution in [2.24, 2.45) is 0 Å². The molecular formula is C13H23N. The molecular weight excluding hydrogens is 170 g/mol. The van der Waals surface area contributed by atoms with E-state index in [2.05, 4.69) is 57.4 Å². The molecule has 0 saturated carbocycles. The van der Waals surface area contributed by atoms with Gasteiger partial charge in [0.15, 0.2) is 0 Å². The minimum Gasteiger partial charge on any atom is -0.373 e. The topological polar surface area (TPSA) is 3.24 Å². The van der Waals surface area contributed by atoms with Gasteiger partial charge in [0.2, 0.25) is 0 Å². The van der Waals surface area contributed by atoms with Crippen LogP contribution in [0.1, 0.15) is 34.1 Å². The maximum atomic E-state index is 4.05. The first kappa shape index (κ1) is 13.0. The zero-order valence-electron chi connectivity index (χ0n) is 10.0. The molecule has 0 rings (SSSR count). The van der Waals surface area contributed by atoms with Crippen LogP contribution >= 0.6 is 0 Å². The molecule has 0 unspecified atom stereocenters. The number of hydrogen-bond donors (Lipinski definition) is 0. The average Bonchev–Trinajstić information content (AvgIpc) is 2.21. The van der Waals surface area contributed by atoms with Gasteiger partial charge in [-0.1, -0.05) is 31.2 Å². The number of nitrogens with zero attached hydrogens (tertiary/aromatic N) is 1. The van der Waals surface area contributed by atoms with Gasteiger partial charge in [0, 0.05) is 18.8 Å². The molecule has 0 amide bonds. The molecule has 0 aromatic carbocycles. The molecule has 0 aliphatic rings. The molecule has 0 saturated heterocycles. The summed E-state index contributed by atoms with van der Waals surface area (Å²) in [5, 5.41) is 0. The molecule has 0 fully saturated rings. The first-order chi connectivity index (χ1) is 6.69. The lowest BCUT2D eigenvalue weighted by molar-refractivity contribution is 0.396. The summed E-state index contributed by atoms with van der Waals surface area (Å²) in [6, 6.07) is 0. The Bertz CT molecular complexity index is 219. The molecule has 0 aromatic rings. The second kappa shape index (κ2) is 7.43. The molecule has 0 heterocycles. The lowest BCUT2D eigenvalue weighted by Crippen LogP contribution is -2.20. The lowest BCUT2D eigenvalue weighted by Gasteiger charge is -2.20. The smallest absolute Gasteiger partial charge is 0.0293 e. The second-order valence-corrected chi connectivity index (χ2v) is 3.21. The van der Waals surface area contributed by atoms with Crippen LogP contribution in [0.2, 0.25) is 0 Å². The van der Waals surface area contributed by atoms with Crippen molar-refractivity contribution in [3.8, 4) is 0 Å². The highest BCUT2D eigenvalue weighted by atomic mass is 15.1. The third-order valence-corrected chi connectivity index (χ3v) is 2.44. The minimum atomic E-state index is 1.02. The van der Waals surface area contributed by atoms with Gasteiger partial charge in [-0.05, 0) is 33.3 Å². The Balaban J connectivity index is 4.29. The van der Waals surface area contributed by atoms with E-state index in [0.717, 1.165) is 25.2 Å². The Kier molecular flexibility index (Phi) is 6.91. The Labute approximate surface area is 88.8 Å². The highest BCUT2D eigenvalue weighted by Gasteiger charge is 1.97. The molecule has 0 aromatic heterocycles. The zero-order chi connectivity index (χ0) is 11.0. The highest BCUT2D eigenvalue weighted by molar-refractivity contribution is 5.25. The zero-order valence-corrected chi connectivity index (χ0v) is 10.0. The first-order valence-corrected chi connectivity index (χ1v) is 5.46. The summed E-state index contributed by atoms with van der Waals surface area (Å²) in [7, 11) is 0. The molecule has 0 aliphatic heterocycles. The Morgan fingerprint density at radius 3 is 2.07 bits per heavy atom. The molecule has 1 nitrogen and oxygen atoms in total. The Hall–Kier alpha value is -0.980. The van der Waals surface area contributed by atoms with Crippen LogP contribution in [0.3, 0.4) is 0 Å². The summed E-state index contributed by atoms with van der Waals surface area (Å²) in [6.07, 6.45) is 7.48. The number of likely N-dealkylation sites (N-methyl/N-ethyl adjacent to an activating group) is 1. The fraction of sp³-hybridized carbons (Fsp3) is 0.538. The van der Waals surface area contributed by atoms with Crippen LogP contribution in [-0.2, 0) is 0 Å². The van der Waals surface area contributed by atoms with Crippen LogP contribution in [0.25, 0.3) is 0 Å². The van der Waals surface area contributed by atoms with Crippen LogP contribution in [-0.4, -0.2) is 18.0 Å². The SMILES string of the molecule is C=C(/C=C\C(=C/C)CC)N(CC)CC. The van der Waals surface area contributed by atoms with Crippen molar-refractivity contribution in [3.05, 3.63) is 36.1 Å². The highest BCUT2D eigenvalue weighted by Crippen LogP contribution is 2.07.